The molecule has 0 aromatic carbocycles. The van der Waals surface area contributed by atoms with Crippen LogP contribution in [0.5, 0.6) is 0 Å². The lowest BCUT2D eigenvalue weighted by atomic mass is 9.78. The molecular formula is C13H26N2O. The van der Waals surface area contributed by atoms with E-state index in [1.165, 1.54) is 25.8 Å². The Balaban J connectivity index is 1.85. The first-order valence-corrected chi connectivity index (χ1v) is 6.76. The van der Waals surface area contributed by atoms with Crippen molar-refractivity contribution in [2.75, 3.05) is 26.7 Å². The van der Waals surface area contributed by atoms with Gasteiger partial charge < -0.3 is 15.3 Å². The molecule has 4 atom stereocenters. The first-order chi connectivity index (χ1) is 7.69. The lowest BCUT2D eigenvalue weighted by molar-refractivity contribution is 0.141. The first kappa shape index (κ1) is 12.3. The maximum Gasteiger partial charge on any atom is 0.0679 e. The SMILES string of the molecule is CNC1CCC(C)CC1CN1CCC(O)C1. The van der Waals surface area contributed by atoms with E-state index in [1.807, 2.05) is 0 Å². The van der Waals surface area contributed by atoms with Gasteiger partial charge in [0.05, 0.1) is 6.10 Å². The highest BCUT2D eigenvalue weighted by atomic mass is 16.3. The predicted molar refractivity (Wildman–Crippen MR) is 66.4 cm³/mol. The van der Waals surface area contributed by atoms with Gasteiger partial charge in [-0.05, 0) is 44.6 Å². The van der Waals surface area contributed by atoms with Gasteiger partial charge in [0.2, 0.25) is 0 Å². The normalized spacial score (nSPS) is 41.4. The summed E-state index contributed by atoms with van der Waals surface area (Å²) in [4.78, 5) is 2.44. The van der Waals surface area contributed by atoms with Gasteiger partial charge in [-0.15, -0.1) is 0 Å². The number of hydrogen-bond acceptors (Lipinski definition) is 3. The summed E-state index contributed by atoms with van der Waals surface area (Å²) in [7, 11) is 2.09. The van der Waals surface area contributed by atoms with Gasteiger partial charge in [-0.25, -0.2) is 0 Å². The number of nitrogens with zero attached hydrogens (tertiary/aromatic N) is 1. The van der Waals surface area contributed by atoms with Crippen molar-refractivity contribution in [2.45, 2.75) is 44.8 Å². The molecule has 1 saturated heterocycles. The van der Waals surface area contributed by atoms with Gasteiger partial charge in [-0.3, -0.25) is 0 Å². The van der Waals surface area contributed by atoms with E-state index in [2.05, 4.69) is 24.2 Å². The van der Waals surface area contributed by atoms with Gasteiger partial charge in [-0.2, -0.15) is 0 Å². The molecule has 0 radical (unpaired) electrons. The number of β-amino-alcohol motifs (C(OH)–C–C–N with tert-alkyl or cyclic N) is 1. The molecule has 1 aliphatic heterocycles. The monoisotopic (exact) mass is 226 g/mol. The average molecular weight is 226 g/mol. The molecule has 2 rings (SSSR count). The molecule has 0 aromatic heterocycles. The third-order valence-electron chi connectivity index (χ3n) is 4.36. The van der Waals surface area contributed by atoms with Crippen molar-refractivity contribution in [3.05, 3.63) is 0 Å². The molecule has 2 aliphatic rings. The van der Waals surface area contributed by atoms with E-state index in [9.17, 15) is 5.11 Å². The Kier molecular flexibility index (Phi) is 4.22. The lowest BCUT2D eigenvalue weighted by Gasteiger charge is -2.37. The highest BCUT2D eigenvalue weighted by Gasteiger charge is 2.30. The van der Waals surface area contributed by atoms with Crippen molar-refractivity contribution in [1.82, 2.24) is 10.2 Å². The second-order valence-electron chi connectivity index (χ2n) is 5.78. The molecule has 1 saturated carbocycles. The highest BCUT2D eigenvalue weighted by Crippen LogP contribution is 2.30. The number of aliphatic hydroxyl groups is 1. The molecule has 3 heteroatoms. The summed E-state index contributed by atoms with van der Waals surface area (Å²) in [6.07, 6.45) is 4.92. The molecule has 1 aliphatic carbocycles. The van der Waals surface area contributed by atoms with Gasteiger partial charge in [-0.1, -0.05) is 6.92 Å². The van der Waals surface area contributed by atoms with Crippen molar-refractivity contribution >= 4 is 0 Å². The fourth-order valence-electron chi connectivity index (χ4n) is 3.39. The Morgan fingerprint density at radius 2 is 2.12 bits per heavy atom. The highest BCUT2D eigenvalue weighted by molar-refractivity contribution is 4.86. The number of rotatable bonds is 3. The Morgan fingerprint density at radius 1 is 1.31 bits per heavy atom. The van der Waals surface area contributed by atoms with Gasteiger partial charge in [0.25, 0.3) is 0 Å². The molecule has 0 amide bonds. The van der Waals surface area contributed by atoms with Gasteiger partial charge >= 0.3 is 0 Å². The van der Waals surface area contributed by atoms with E-state index < -0.39 is 0 Å². The molecule has 2 fully saturated rings. The molecule has 16 heavy (non-hydrogen) atoms. The van der Waals surface area contributed by atoms with Crippen LogP contribution in [0.4, 0.5) is 0 Å². The third kappa shape index (κ3) is 2.96. The predicted octanol–water partition coefficient (Wildman–Crippen LogP) is 1.08. The molecule has 1 heterocycles. The van der Waals surface area contributed by atoms with Crippen LogP contribution < -0.4 is 5.32 Å². The van der Waals surface area contributed by atoms with Crippen LogP contribution in [0, 0.1) is 11.8 Å². The molecule has 0 spiro atoms. The van der Waals surface area contributed by atoms with Crippen LogP contribution in [0.1, 0.15) is 32.6 Å². The number of aliphatic hydroxyl groups excluding tert-OH is 1. The summed E-state index contributed by atoms with van der Waals surface area (Å²) in [6.45, 7) is 5.52. The Bertz CT molecular complexity index is 222. The van der Waals surface area contributed by atoms with Crippen LogP contribution in [0.25, 0.3) is 0 Å². The van der Waals surface area contributed by atoms with Gasteiger partial charge in [0.15, 0.2) is 0 Å². The lowest BCUT2D eigenvalue weighted by Crippen LogP contribution is -2.44. The zero-order chi connectivity index (χ0) is 11.5. The summed E-state index contributed by atoms with van der Waals surface area (Å²) >= 11 is 0. The molecule has 0 aromatic rings. The number of nitrogens with one attached hydrogen (secondary N) is 1. The quantitative estimate of drug-likeness (QED) is 0.756. The minimum atomic E-state index is -0.0750. The van der Waals surface area contributed by atoms with E-state index in [-0.39, 0.29) is 6.10 Å². The van der Waals surface area contributed by atoms with Crippen molar-refractivity contribution in [3.63, 3.8) is 0 Å². The number of hydrogen-bond donors (Lipinski definition) is 2. The Hall–Kier alpha value is -0.120. The summed E-state index contributed by atoms with van der Waals surface area (Å²) in [5.74, 6) is 1.65. The Morgan fingerprint density at radius 3 is 2.75 bits per heavy atom. The summed E-state index contributed by atoms with van der Waals surface area (Å²) in [5, 5.41) is 13.0. The van der Waals surface area contributed by atoms with Gasteiger partial charge in [0, 0.05) is 25.7 Å². The van der Waals surface area contributed by atoms with E-state index in [0.717, 1.165) is 31.3 Å². The summed E-state index contributed by atoms with van der Waals surface area (Å²) < 4.78 is 0. The van der Waals surface area contributed by atoms with Crippen molar-refractivity contribution in [1.29, 1.82) is 0 Å². The van der Waals surface area contributed by atoms with Crippen LogP contribution in [-0.2, 0) is 0 Å². The maximum absolute atomic E-state index is 9.55. The molecular weight excluding hydrogens is 200 g/mol. The standard InChI is InChI=1S/C13H26N2O/c1-10-3-4-13(14-2)11(7-10)8-15-6-5-12(16)9-15/h10-14,16H,3-9H2,1-2H3. The van der Waals surface area contributed by atoms with Crippen molar-refractivity contribution in [3.8, 4) is 0 Å². The topological polar surface area (TPSA) is 35.5 Å². The van der Waals surface area contributed by atoms with E-state index in [1.54, 1.807) is 0 Å². The minimum absolute atomic E-state index is 0.0750. The fraction of sp³-hybridized carbons (Fsp3) is 1.00. The minimum Gasteiger partial charge on any atom is -0.392 e. The van der Waals surface area contributed by atoms with Crippen LogP contribution >= 0.6 is 0 Å². The Labute approximate surface area is 99.2 Å². The molecule has 3 nitrogen and oxygen atoms in total. The zero-order valence-corrected chi connectivity index (χ0v) is 10.7. The van der Waals surface area contributed by atoms with E-state index in [4.69, 9.17) is 0 Å². The van der Waals surface area contributed by atoms with Crippen LogP contribution in [0.2, 0.25) is 0 Å². The van der Waals surface area contributed by atoms with Crippen LogP contribution in [0.15, 0.2) is 0 Å². The van der Waals surface area contributed by atoms with Crippen molar-refractivity contribution < 1.29 is 5.11 Å². The number of likely N-dealkylation sites (tertiary alicyclic amines) is 1. The zero-order valence-electron chi connectivity index (χ0n) is 10.7. The second-order valence-corrected chi connectivity index (χ2v) is 5.78. The smallest absolute Gasteiger partial charge is 0.0679 e. The average Bonchev–Trinajstić information content (AvgIpc) is 2.64. The van der Waals surface area contributed by atoms with E-state index in [0.29, 0.717) is 6.04 Å². The van der Waals surface area contributed by atoms with Crippen LogP contribution in [0.3, 0.4) is 0 Å². The van der Waals surface area contributed by atoms with Crippen molar-refractivity contribution in [2.24, 2.45) is 11.8 Å². The largest absolute Gasteiger partial charge is 0.392 e. The first-order valence-electron chi connectivity index (χ1n) is 6.76. The molecule has 4 unspecified atom stereocenters. The summed E-state index contributed by atoms with van der Waals surface area (Å²) in [6, 6.07) is 0.689. The van der Waals surface area contributed by atoms with E-state index >= 15 is 0 Å². The molecule has 94 valence electrons. The van der Waals surface area contributed by atoms with Gasteiger partial charge in [0.1, 0.15) is 0 Å². The summed E-state index contributed by atoms with van der Waals surface area (Å²) in [5.41, 5.74) is 0. The fourth-order valence-corrected chi connectivity index (χ4v) is 3.39. The van der Waals surface area contributed by atoms with Crippen LogP contribution in [-0.4, -0.2) is 48.8 Å². The molecule has 0 bridgehead atoms. The maximum atomic E-state index is 9.55. The third-order valence-corrected chi connectivity index (χ3v) is 4.36. The second kappa shape index (κ2) is 5.48. The molecule has 2 N–H and O–H groups in total.